The predicted octanol–water partition coefficient (Wildman–Crippen LogP) is 4.20. The highest BCUT2D eigenvalue weighted by molar-refractivity contribution is 5.32. The second kappa shape index (κ2) is 4.95. The summed E-state index contributed by atoms with van der Waals surface area (Å²) in [5.41, 5.74) is 1.32. The Bertz CT molecular complexity index is 468. The zero-order valence-electron chi connectivity index (χ0n) is 12.1. The number of ether oxygens (including phenoxy) is 1. The standard InChI is InChI=1S/C18H23NO/c19-4-3-18-14(2-1-5-20-18)11-17-15-7-12-6-13(9-15)10-16(17)8-12/h3,11-13,15-17H,1-2,5-10H2/b14-11+,18-3-. The molecule has 0 atom stereocenters. The highest BCUT2D eigenvalue weighted by Gasteiger charge is 2.47. The van der Waals surface area contributed by atoms with E-state index in [-0.39, 0.29) is 0 Å². The third-order valence-electron chi connectivity index (χ3n) is 6.05. The predicted molar refractivity (Wildman–Crippen MR) is 77.5 cm³/mol. The Morgan fingerprint density at radius 1 is 1.05 bits per heavy atom. The molecule has 1 aliphatic heterocycles. The summed E-state index contributed by atoms with van der Waals surface area (Å²) >= 11 is 0. The van der Waals surface area contributed by atoms with E-state index in [1.807, 2.05) is 0 Å². The normalized spacial score (nSPS) is 46.5. The lowest BCUT2D eigenvalue weighted by molar-refractivity contribution is -0.0167. The van der Waals surface area contributed by atoms with Crippen molar-refractivity contribution in [3.05, 3.63) is 23.5 Å². The molecule has 0 N–H and O–H groups in total. The van der Waals surface area contributed by atoms with E-state index >= 15 is 0 Å². The van der Waals surface area contributed by atoms with E-state index in [1.54, 1.807) is 6.08 Å². The third kappa shape index (κ3) is 2.08. The molecule has 4 aliphatic carbocycles. The van der Waals surface area contributed by atoms with E-state index < -0.39 is 0 Å². The minimum Gasteiger partial charge on any atom is -0.493 e. The van der Waals surface area contributed by atoms with Crippen LogP contribution in [0.25, 0.3) is 0 Å². The highest BCUT2D eigenvalue weighted by atomic mass is 16.5. The molecule has 5 fully saturated rings. The number of nitriles is 1. The van der Waals surface area contributed by atoms with Crippen molar-refractivity contribution in [3.8, 4) is 6.07 Å². The van der Waals surface area contributed by atoms with Gasteiger partial charge in [0.1, 0.15) is 5.76 Å². The van der Waals surface area contributed by atoms with Gasteiger partial charge in [-0.05, 0) is 80.1 Å². The molecule has 0 radical (unpaired) electrons. The summed E-state index contributed by atoms with van der Waals surface area (Å²) in [4.78, 5) is 0. The number of hydrogen-bond donors (Lipinski definition) is 0. The molecule has 1 saturated heterocycles. The minimum atomic E-state index is 0.765. The number of allylic oxidation sites excluding steroid dienone is 3. The summed E-state index contributed by atoms with van der Waals surface area (Å²) in [5.74, 6) is 5.52. The number of rotatable bonds is 1. The van der Waals surface area contributed by atoms with Gasteiger partial charge in [-0.2, -0.15) is 5.26 Å². The van der Waals surface area contributed by atoms with Crippen LogP contribution in [0.3, 0.4) is 0 Å². The quantitative estimate of drug-likeness (QED) is 0.668. The molecule has 0 aromatic heterocycles. The summed E-state index contributed by atoms with van der Waals surface area (Å²) in [6.07, 6.45) is 13.6. The maximum Gasteiger partial charge on any atom is 0.132 e. The lowest BCUT2D eigenvalue weighted by Gasteiger charge is -2.54. The smallest absolute Gasteiger partial charge is 0.132 e. The van der Waals surface area contributed by atoms with Crippen molar-refractivity contribution in [2.75, 3.05) is 6.61 Å². The molecule has 1 heterocycles. The molecule has 4 bridgehead atoms. The van der Waals surface area contributed by atoms with Gasteiger partial charge in [0.15, 0.2) is 0 Å². The first-order valence-corrected chi connectivity index (χ1v) is 8.27. The van der Waals surface area contributed by atoms with Gasteiger partial charge in [-0.15, -0.1) is 0 Å². The van der Waals surface area contributed by atoms with Crippen LogP contribution in [0.1, 0.15) is 44.9 Å². The van der Waals surface area contributed by atoms with Crippen LogP contribution in [0, 0.1) is 40.9 Å². The highest BCUT2D eigenvalue weighted by Crippen LogP contribution is 2.57. The summed E-state index contributed by atoms with van der Waals surface area (Å²) in [7, 11) is 0. The minimum absolute atomic E-state index is 0.765. The molecule has 0 aromatic carbocycles. The van der Waals surface area contributed by atoms with E-state index in [2.05, 4.69) is 12.1 Å². The topological polar surface area (TPSA) is 33.0 Å². The third-order valence-corrected chi connectivity index (χ3v) is 6.05. The SMILES string of the molecule is N#C/C=C1\OCCC\C1=C/C1C2CC3CC(C2)CC1C3. The molecule has 5 aliphatic rings. The van der Waals surface area contributed by atoms with E-state index in [0.717, 1.165) is 54.8 Å². The molecule has 4 saturated carbocycles. The van der Waals surface area contributed by atoms with Crippen LogP contribution < -0.4 is 0 Å². The van der Waals surface area contributed by atoms with Crippen molar-refractivity contribution >= 4 is 0 Å². The van der Waals surface area contributed by atoms with Crippen LogP contribution in [0.2, 0.25) is 0 Å². The Kier molecular flexibility index (Phi) is 3.10. The lowest BCUT2D eigenvalue weighted by Crippen LogP contribution is -2.44. The second-order valence-electron chi connectivity index (χ2n) is 7.29. The van der Waals surface area contributed by atoms with E-state index in [4.69, 9.17) is 10.00 Å². The summed E-state index contributed by atoms with van der Waals surface area (Å²) < 4.78 is 5.69. The van der Waals surface area contributed by atoms with Crippen molar-refractivity contribution in [1.82, 2.24) is 0 Å². The van der Waals surface area contributed by atoms with Gasteiger partial charge in [0.25, 0.3) is 0 Å². The number of hydrogen-bond acceptors (Lipinski definition) is 2. The van der Waals surface area contributed by atoms with Crippen LogP contribution in [0.15, 0.2) is 23.5 Å². The molecule has 0 unspecified atom stereocenters. The summed E-state index contributed by atoms with van der Waals surface area (Å²) in [5, 5.41) is 8.91. The summed E-state index contributed by atoms with van der Waals surface area (Å²) in [6.45, 7) is 0.770. The first kappa shape index (κ1) is 12.5. The van der Waals surface area contributed by atoms with Crippen molar-refractivity contribution in [1.29, 1.82) is 5.26 Å². The van der Waals surface area contributed by atoms with Crippen LogP contribution in [0.4, 0.5) is 0 Å². The van der Waals surface area contributed by atoms with Gasteiger partial charge in [0.05, 0.1) is 18.8 Å². The molecule has 2 heteroatoms. The van der Waals surface area contributed by atoms with Gasteiger partial charge in [-0.1, -0.05) is 6.08 Å². The average molecular weight is 269 g/mol. The largest absolute Gasteiger partial charge is 0.493 e. The van der Waals surface area contributed by atoms with Gasteiger partial charge >= 0.3 is 0 Å². The first-order valence-electron chi connectivity index (χ1n) is 8.27. The van der Waals surface area contributed by atoms with Gasteiger partial charge in [-0.25, -0.2) is 0 Å². The summed E-state index contributed by atoms with van der Waals surface area (Å²) in [6, 6.07) is 2.14. The Balaban J connectivity index is 1.59. The number of nitrogens with zero attached hydrogens (tertiary/aromatic N) is 1. The monoisotopic (exact) mass is 269 g/mol. The second-order valence-corrected chi connectivity index (χ2v) is 7.29. The van der Waals surface area contributed by atoms with Gasteiger partial charge < -0.3 is 4.74 Å². The molecule has 106 valence electrons. The zero-order chi connectivity index (χ0) is 13.5. The van der Waals surface area contributed by atoms with Crippen LogP contribution in [-0.4, -0.2) is 6.61 Å². The van der Waals surface area contributed by atoms with E-state index in [0.29, 0.717) is 0 Å². The van der Waals surface area contributed by atoms with E-state index in [1.165, 1.54) is 37.7 Å². The fraction of sp³-hybridized carbons (Fsp3) is 0.722. The molecule has 5 rings (SSSR count). The zero-order valence-corrected chi connectivity index (χ0v) is 12.1. The van der Waals surface area contributed by atoms with Crippen LogP contribution in [-0.2, 0) is 4.74 Å². The average Bonchev–Trinajstić information content (AvgIpc) is 2.44. The van der Waals surface area contributed by atoms with Gasteiger partial charge in [0.2, 0.25) is 0 Å². The molecule has 0 amide bonds. The van der Waals surface area contributed by atoms with E-state index in [9.17, 15) is 0 Å². The van der Waals surface area contributed by atoms with Crippen molar-refractivity contribution < 1.29 is 4.74 Å². The molecule has 0 aromatic rings. The van der Waals surface area contributed by atoms with Crippen molar-refractivity contribution in [3.63, 3.8) is 0 Å². The van der Waals surface area contributed by atoms with Crippen molar-refractivity contribution in [2.24, 2.45) is 29.6 Å². The van der Waals surface area contributed by atoms with Crippen molar-refractivity contribution in [2.45, 2.75) is 44.9 Å². The fourth-order valence-corrected chi connectivity index (χ4v) is 5.49. The molecule has 0 spiro atoms. The Morgan fingerprint density at radius 2 is 1.75 bits per heavy atom. The van der Waals surface area contributed by atoms with Crippen LogP contribution >= 0.6 is 0 Å². The van der Waals surface area contributed by atoms with Gasteiger partial charge in [0, 0.05) is 0 Å². The van der Waals surface area contributed by atoms with Gasteiger partial charge in [-0.3, -0.25) is 0 Å². The Morgan fingerprint density at radius 3 is 2.40 bits per heavy atom. The molecule has 2 nitrogen and oxygen atoms in total. The molecular formula is C18H23NO. The first-order chi connectivity index (χ1) is 9.83. The molecular weight excluding hydrogens is 246 g/mol. The fourth-order valence-electron chi connectivity index (χ4n) is 5.49. The Hall–Kier alpha value is -1.23. The Labute approximate surface area is 121 Å². The molecule has 20 heavy (non-hydrogen) atoms. The maximum absolute atomic E-state index is 8.91. The maximum atomic E-state index is 8.91. The lowest BCUT2D eigenvalue weighted by atomic mass is 9.51. The van der Waals surface area contributed by atoms with Crippen LogP contribution in [0.5, 0.6) is 0 Å².